The third-order valence-corrected chi connectivity index (χ3v) is 8.90. The molecular formula is C29H46O4. The second-order valence-corrected chi connectivity index (χ2v) is 11.1. The first-order chi connectivity index (χ1) is 15.9. The highest BCUT2D eigenvalue weighted by Gasteiger charge is 2.54. The number of unbranched alkanes of at least 4 members (excludes halogenated alkanes) is 7. The van der Waals surface area contributed by atoms with Crippen molar-refractivity contribution in [2.24, 2.45) is 17.3 Å². The Labute approximate surface area is 200 Å². The highest BCUT2D eigenvalue weighted by molar-refractivity contribution is 5.66. The number of carboxylic acids is 1. The summed E-state index contributed by atoms with van der Waals surface area (Å²) in [5.74, 6) is 1.83. The summed E-state index contributed by atoms with van der Waals surface area (Å²) in [4.78, 5) is 10.2. The summed E-state index contributed by atoms with van der Waals surface area (Å²) in [6, 6.07) is 5.96. The molecule has 186 valence electrons. The summed E-state index contributed by atoms with van der Waals surface area (Å²) in [6.07, 6.45) is 16.8. The third-order valence-electron chi connectivity index (χ3n) is 8.90. The van der Waals surface area contributed by atoms with Crippen LogP contribution < -0.4 is 0 Å². The first-order valence-corrected chi connectivity index (χ1v) is 13.6. The molecule has 0 aliphatic heterocycles. The molecule has 0 amide bonds. The van der Waals surface area contributed by atoms with Gasteiger partial charge in [0.25, 0.3) is 0 Å². The summed E-state index contributed by atoms with van der Waals surface area (Å²) in [6.45, 7) is 4.53. The van der Waals surface area contributed by atoms with Crippen molar-refractivity contribution in [3.8, 4) is 5.75 Å². The van der Waals surface area contributed by atoms with Crippen LogP contribution in [0.25, 0.3) is 0 Å². The Balaban J connectivity index is 0.000000207. The zero-order chi connectivity index (χ0) is 23.8. The average molecular weight is 459 g/mol. The smallest absolute Gasteiger partial charge is 0.303 e. The van der Waals surface area contributed by atoms with Crippen molar-refractivity contribution >= 4 is 5.97 Å². The lowest BCUT2D eigenvalue weighted by atomic mass is 9.55. The van der Waals surface area contributed by atoms with Gasteiger partial charge in [-0.2, -0.15) is 0 Å². The summed E-state index contributed by atoms with van der Waals surface area (Å²) in [7, 11) is 0. The van der Waals surface area contributed by atoms with E-state index >= 15 is 0 Å². The van der Waals surface area contributed by atoms with E-state index in [0.717, 1.165) is 38.0 Å². The van der Waals surface area contributed by atoms with E-state index in [1.54, 1.807) is 0 Å². The van der Waals surface area contributed by atoms with Gasteiger partial charge in [-0.25, -0.2) is 0 Å². The molecule has 0 saturated heterocycles. The number of rotatable bonds is 9. The monoisotopic (exact) mass is 458 g/mol. The van der Waals surface area contributed by atoms with Crippen LogP contribution in [-0.4, -0.2) is 27.4 Å². The van der Waals surface area contributed by atoms with Crippen LogP contribution >= 0.6 is 0 Å². The van der Waals surface area contributed by atoms with Gasteiger partial charge in [0.15, 0.2) is 0 Å². The van der Waals surface area contributed by atoms with Crippen LogP contribution in [0.5, 0.6) is 5.75 Å². The molecule has 0 bridgehead atoms. The van der Waals surface area contributed by atoms with Crippen LogP contribution in [0.4, 0.5) is 0 Å². The van der Waals surface area contributed by atoms with Gasteiger partial charge in [0.1, 0.15) is 5.75 Å². The van der Waals surface area contributed by atoms with Gasteiger partial charge in [0.2, 0.25) is 0 Å². The first-order valence-electron chi connectivity index (χ1n) is 13.6. The Bertz CT molecular complexity index is 760. The number of benzene rings is 1. The van der Waals surface area contributed by atoms with E-state index in [2.05, 4.69) is 19.9 Å². The van der Waals surface area contributed by atoms with Crippen LogP contribution in [0.2, 0.25) is 0 Å². The van der Waals surface area contributed by atoms with E-state index in [9.17, 15) is 15.0 Å². The SMILES string of the molecule is CCCCCCCCCCC(=O)O.C[C@]12CC[C@@H]3c4ccc(O)cc4CC[C@H]3[C@@H]1CCC2O. The van der Waals surface area contributed by atoms with Crippen molar-refractivity contribution < 1.29 is 20.1 Å². The lowest BCUT2D eigenvalue weighted by Gasteiger charge is -2.50. The number of phenols is 1. The van der Waals surface area contributed by atoms with Gasteiger partial charge in [0, 0.05) is 6.42 Å². The molecule has 2 fully saturated rings. The van der Waals surface area contributed by atoms with Gasteiger partial charge < -0.3 is 15.3 Å². The minimum absolute atomic E-state index is 0.0883. The van der Waals surface area contributed by atoms with Crippen molar-refractivity contribution in [1.82, 2.24) is 0 Å². The minimum atomic E-state index is -0.661. The zero-order valence-corrected chi connectivity index (χ0v) is 20.9. The van der Waals surface area contributed by atoms with Crippen molar-refractivity contribution in [3.05, 3.63) is 29.3 Å². The quantitative estimate of drug-likeness (QED) is 0.342. The Kier molecular flexibility index (Phi) is 9.67. The molecule has 1 unspecified atom stereocenters. The van der Waals surface area contributed by atoms with Crippen LogP contribution in [0.15, 0.2) is 18.2 Å². The molecule has 4 rings (SSSR count). The van der Waals surface area contributed by atoms with E-state index in [4.69, 9.17) is 5.11 Å². The number of hydrogen-bond donors (Lipinski definition) is 3. The van der Waals surface area contributed by atoms with Crippen LogP contribution in [0.1, 0.15) is 121 Å². The Morgan fingerprint density at radius 2 is 1.70 bits per heavy atom. The molecule has 0 heterocycles. The van der Waals surface area contributed by atoms with E-state index in [-0.39, 0.29) is 11.5 Å². The Morgan fingerprint density at radius 3 is 2.39 bits per heavy atom. The first kappa shape index (κ1) is 26.1. The van der Waals surface area contributed by atoms with Crippen molar-refractivity contribution in [2.75, 3.05) is 0 Å². The molecule has 3 aliphatic carbocycles. The Morgan fingerprint density at radius 1 is 1.00 bits per heavy atom. The standard InChI is InChI=1S/C18H24O2.C11H22O2/c1-18-9-8-14-13-5-3-12(19)10-11(13)2-4-15(14)16(18)6-7-17(18)20;1-2-3-4-5-6-7-8-9-10-11(12)13/h3,5,10,14-17,19-20H,2,4,6-9H2,1H3;2-10H2,1H3,(H,12,13)/t14-,15-,16+,17?,18+;/m1./s1. The molecule has 1 aromatic rings. The molecule has 4 heteroatoms. The number of aromatic hydroxyl groups is 1. The molecule has 0 spiro atoms. The third kappa shape index (κ3) is 6.53. The lowest BCUT2D eigenvalue weighted by molar-refractivity contribution is -0.137. The average Bonchev–Trinajstić information content (AvgIpc) is 3.10. The number of hydrogen-bond acceptors (Lipinski definition) is 3. The molecular weight excluding hydrogens is 412 g/mol. The molecule has 1 aromatic carbocycles. The fourth-order valence-corrected chi connectivity index (χ4v) is 6.95. The van der Waals surface area contributed by atoms with Gasteiger partial charge in [-0.1, -0.05) is 64.9 Å². The van der Waals surface area contributed by atoms with Gasteiger partial charge >= 0.3 is 5.97 Å². The second kappa shape index (κ2) is 12.2. The van der Waals surface area contributed by atoms with E-state index in [1.165, 1.54) is 68.9 Å². The second-order valence-electron chi connectivity index (χ2n) is 11.1. The molecule has 3 N–H and O–H groups in total. The number of aliphatic carboxylic acids is 1. The highest BCUT2D eigenvalue weighted by Crippen LogP contribution is 2.60. The Hall–Kier alpha value is -1.55. The number of aliphatic hydroxyl groups excluding tert-OH is 1. The molecule has 2 saturated carbocycles. The maximum Gasteiger partial charge on any atom is 0.303 e. The topological polar surface area (TPSA) is 77.8 Å². The molecule has 0 radical (unpaired) electrons. The van der Waals surface area contributed by atoms with Gasteiger partial charge in [-0.15, -0.1) is 0 Å². The predicted molar refractivity (Wildman–Crippen MR) is 134 cm³/mol. The van der Waals surface area contributed by atoms with Gasteiger partial charge in [0.05, 0.1) is 6.10 Å². The van der Waals surface area contributed by atoms with Crippen molar-refractivity contribution in [1.29, 1.82) is 0 Å². The van der Waals surface area contributed by atoms with Gasteiger partial charge in [-0.3, -0.25) is 4.79 Å². The summed E-state index contributed by atoms with van der Waals surface area (Å²) in [5, 5.41) is 28.4. The fourth-order valence-electron chi connectivity index (χ4n) is 6.95. The maximum atomic E-state index is 10.4. The van der Waals surface area contributed by atoms with E-state index in [1.807, 2.05) is 12.1 Å². The molecule has 4 nitrogen and oxygen atoms in total. The largest absolute Gasteiger partial charge is 0.508 e. The molecule has 5 atom stereocenters. The fraction of sp³-hybridized carbons (Fsp3) is 0.759. The number of carboxylic acid groups (broad SMARTS) is 1. The predicted octanol–water partition coefficient (Wildman–Crippen LogP) is 7.21. The number of carbonyl (C=O) groups is 1. The number of fused-ring (bicyclic) bond motifs is 5. The van der Waals surface area contributed by atoms with Gasteiger partial charge in [-0.05, 0) is 91.4 Å². The zero-order valence-electron chi connectivity index (χ0n) is 20.9. The summed E-state index contributed by atoms with van der Waals surface area (Å²) < 4.78 is 0. The van der Waals surface area contributed by atoms with Crippen LogP contribution in [0.3, 0.4) is 0 Å². The van der Waals surface area contributed by atoms with Crippen LogP contribution in [0, 0.1) is 17.3 Å². The summed E-state index contributed by atoms with van der Waals surface area (Å²) in [5.41, 5.74) is 2.99. The van der Waals surface area contributed by atoms with E-state index in [0.29, 0.717) is 24.0 Å². The number of aliphatic hydroxyl groups is 1. The molecule has 33 heavy (non-hydrogen) atoms. The molecule has 3 aliphatic rings. The normalized spacial score (nSPS) is 29.9. The number of aryl methyl sites for hydroxylation is 1. The number of phenolic OH excluding ortho intramolecular Hbond substituents is 1. The van der Waals surface area contributed by atoms with Crippen molar-refractivity contribution in [2.45, 2.75) is 122 Å². The summed E-state index contributed by atoms with van der Waals surface area (Å²) >= 11 is 0. The molecule has 0 aromatic heterocycles. The minimum Gasteiger partial charge on any atom is -0.508 e. The highest BCUT2D eigenvalue weighted by atomic mass is 16.4. The lowest BCUT2D eigenvalue weighted by Crippen LogP contribution is -2.43. The maximum absolute atomic E-state index is 10.4. The van der Waals surface area contributed by atoms with Crippen molar-refractivity contribution in [3.63, 3.8) is 0 Å². The van der Waals surface area contributed by atoms with Crippen LogP contribution in [-0.2, 0) is 11.2 Å². The van der Waals surface area contributed by atoms with E-state index < -0.39 is 5.97 Å².